The number of thiazole rings is 1. The molecule has 3 atom stereocenters. The van der Waals surface area contributed by atoms with Crippen LogP contribution < -0.4 is 10.6 Å². The molecule has 7 nitrogen and oxygen atoms in total. The molecule has 2 saturated heterocycles. The second-order valence-corrected chi connectivity index (χ2v) is 8.50. The number of morpholine rings is 1. The SMILES string of the molecule is Cc1nc(Nc2cc(C3CC(=O)NC(N4CCOCC4C(F)(F)F)C3)ccn2)cs1. The molecule has 0 aliphatic carbocycles. The second kappa shape index (κ2) is 8.48. The predicted octanol–water partition coefficient (Wildman–Crippen LogP) is 3.17. The molecule has 0 radical (unpaired) electrons. The summed E-state index contributed by atoms with van der Waals surface area (Å²) < 4.78 is 45.5. The number of pyridine rings is 1. The minimum absolute atomic E-state index is 0.119. The third-order valence-corrected chi connectivity index (χ3v) is 6.12. The molecule has 0 saturated carbocycles. The first-order valence-electron chi connectivity index (χ1n) is 9.64. The Balaban J connectivity index is 1.52. The lowest BCUT2D eigenvalue weighted by Gasteiger charge is -2.44. The molecule has 2 aliphatic heterocycles. The highest BCUT2D eigenvalue weighted by atomic mass is 32.1. The molecule has 30 heavy (non-hydrogen) atoms. The van der Waals surface area contributed by atoms with Crippen LogP contribution in [-0.4, -0.2) is 58.9 Å². The molecule has 2 fully saturated rings. The molecule has 3 unspecified atom stereocenters. The van der Waals surface area contributed by atoms with Gasteiger partial charge >= 0.3 is 6.18 Å². The fourth-order valence-corrected chi connectivity index (χ4v) is 4.49. The lowest BCUT2D eigenvalue weighted by molar-refractivity contribution is -0.221. The van der Waals surface area contributed by atoms with E-state index in [0.717, 1.165) is 10.6 Å². The quantitative estimate of drug-likeness (QED) is 0.759. The number of piperidine rings is 1. The number of nitrogens with zero attached hydrogens (tertiary/aromatic N) is 3. The van der Waals surface area contributed by atoms with Gasteiger partial charge in [0.15, 0.2) is 0 Å². The molecular formula is C19H22F3N5O2S. The van der Waals surface area contributed by atoms with Crippen LogP contribution in [0.2, 0.25) is 0 Å². The number of aromatic nitrogens is 2. The van der Waals surface area contributed by atoms with Crippen molar-refractivity contribution in [1.29, 1.82) is 0 Å². The van der Waals surface area contributed by atoms with Crippen molar-refractivity contribution in [2.45, 2.75) is 44.1 Å². The first-order chi connectivity index (χ1) is 14.3. The number of nitrogens with one attached hydrogen (secondary N) is 2. The lowest BCUT2D eigenvalue weighted by Crippen LogP contribution is -2.63. The standard InChI is InChI=1S/C19H22F3N5O2S/c1-11-24-16(10-30-11)25-15-6-12(2-3-23-15)13-7-17(26-18(28)8-13)27-4-5-29-9-14(27)19(20,21)22/h2-3,6,10,13-14,17H,4-5,7-9H2,1H3,(H,23,25)(H,26,28). The Hall–Kier alpha value is -2.24. The number of carbonyl (C=O) groups is 1. The van der Waals surface area contributed by atoms with Crippen LogP contribution in [-0.2, 0) is 9.53 Å². The van der Waals surface area contributed by atoms with Crippen LogP contribution in [0, 0.1) is 6.92 Å². The van der Waals surface area contributed by atoms with E-state index in [1.165, 1.54) is 16.2 Å². The monoisotopic (exact) mass is 441 g/mol. The number of alkyl halides is 3. The Bertz CT molecular complexity index is 906. The molecule has 2 aromatic heterocycles. The van der Waals surface area contributed by atoms with Crippen molar-refractivity contribution in [2.24, 2.45) is 0 Å². The van der Waals surface area contributed by atoms with E-state index in [-0.39, 0.29) is 31.4 Å². The number of anilines is 2. The molecule has 0 aromatic carbocycles. The van der Waals surface area contributed by atoms with Crippen molar-refractivity contribution in [3.63, 3.8) is 0 Å². The highest BCUT2D eigenvalue weighted by Gasteiger charge is 2.48. The maximum Gasteiger partial charge on any atom is 0.406 e. The average molecular weight is 441 g/mol. The third kappa shape index (κ3) is 4.73. The zero-order valence-corrected chi connectivity index (χ0v) is 17.1. The molecule has 4 rings (SSSR count). The van der Waals surface area contributed by atoms with Crippen molar-refractivity contribution in [3.05, 3.63) is 34.3 Å². The van der Waals surface area contributed by atoms with Gasteiger partial charge in [-0.15, -0.1) is 11.3 Å². The number of halogens is 3. The molecule has 2 aliphatic rings. The van der Waals surface area contributed by atoms with Gasteiger partial charge in [0.25, 0.3) is 0 Å². The number of hydrogen-bond acceptors (Lipinski definition) is 7. The summed E-state index contributed by atoms with van der Waals surface area (Å²) in [7, 11) is 0. The summed E-state index contributed by atoms with van der Waals surface area (Å²) >= 11 is 1.51. The zero-order chi connectivity index (χ0) is 21.3. The molecular weight excluding hydrogens is 419 g/mol. The molecule has 2 N–H and O–H groups in total. The van der Waals surface area contributed by atoms with Gasteiger partial charge in [0.05, 0.1) is 24.4 Å². The van der Waals surface area contributed by atoms with Crippen LogP contribution in [0.1, 0.15) is 29.3 Å². The number of amides is 1. The van der Waals surface area contributed by atoms with E-state index >= 15 is 0 Å². The van der Waals surface area contributed by atoms with Crippen molar-refractivity contribution >= 4 is 28.9 Å². The third-order valence-electron chi connectivity index (χ3n) is 5.35. The zero-order valence-electron chi connectivity index (χ0n) is 16.3. The maximum absolute atomic E-state index is 13.5. The Morgan fingerprint density at radius 3 is 2.93 bits per heavy atom. The highest BCUT2D eigenvalue weighted by molar-refractivity contribution is 7.09. The molecule has 2 aromatic rings. The lowest BCUT2D eigenvalue weighted by atomic mass is 9.88. The fourth-order valence-electron chi connectivity index (χ4n) is 3.95. The molecule has 4 heterocycles. The van der Waals surface area contributed by atoms with Crippen LogP contribution in [0.15, 0.2) is 23.7 Å². The maximum atomic E-state index is 13.5. The summed E-state index contributed by atoms with van der Waals surface area (Å²) in [6, 6.07) is 1.91. The van der Waals surface area contributed by atoms with Gasteiger partial charge in [0.1, 0.15) is 17.7 Å². The van der Waals surface area contributed by atoms with Crippen LogP contribution in [0.25, 0.3) is 0 Å². The summed E-state index contributed by atoms with van der Waals surface area (Å²) in [5.41, 5.74) is 0.858. The molecule has 162 valence electrons. The summed E-state index contributed by atoms with van der Waals surface area (Å²) in [4.78, 5) is 22.3. The van der Waals surface area contributed by atoms with Crippen LogP contribution in [0.3, 0.4) is 0 Å². The van der Waals surface area contributed by atoms with Gasteiger partial charge in [-0.2, -0.15) is 13.2 Å². The number of aryl methyl sites for hydroxylation is 1. The summed E-state index contributed by atoms with van der Waals surface area (Å²) in [5.74, 6) is 0.800. The molecule has 11 heteroatoms. The number of ether oxygens (including phenoxy) is 1. The van der Waals surface area contributed by atoms with Gasteiger partial charge in [-0.25, -0.2) is 9.97 Å². The largest absolute Gasteiger partial charge is 0.406 e. The van der Waals surface area contributed by atoms with Crippen molar-refractivity contribution in [3.8, 4) is 0 Å². The first kappa shape index (κ1) is 21.0. The van der Waals surface area contributed by atoms with Gasteiger partial charge in [0.2, 0.25) is 5.91 Å². The van der Waals surface area contributed by atoms with Crippen molar-refractivity contribution in [1.82, 2.24) is 20.2 Å². The highest BCUT2D eigenvalue weighted by Crippen LogP contribution is 2.35. The van der Waals surface area contributed by atoms with Gasteiger partial charge in [-0.05, 0) is 37.0 Å². The summed E-state index contributed by atoms with van der Waals surface area (Å²) in [5, 5.41) is 8.67. The van der Waals surface area contributed by atoms with Crippen LogP contribution in [0.5, 0.6) is 0 Å². The van der Waals surface area contributed by atoms with E-state index < -0.39 is 25.0 Å². The Morgan fingerprint density at radius 1 is 1.37 bits per heavy atom. The van der Waals surface area contributed by atoms with E-state index in [1.54, 1.807) is 12.3 Å². The van der Waals surface area contributed by atoms with Gasteiger partial charge in [-0.3, -0.25) is 9.69 Å². The Kier molecular flexibility index (Phi) is 5.94. The van der Waals surface area contributed by atoms with Crippen molar-refractivity contribution < 1.29 is 22.7 Å². The minimum atomic E-state index is -4.42. The van der Waals surface area contributed by atoms with Gasteiger partial charge in [-0.1, -0.05) is 0 Å². The van der Waals surface area contributed by atoms with Gasteiger partial charge in [0, 0.05) is 24.5 Å². The summed E-state index contributed by atoms with van der Waals surface area (Å²) in [6.45, 7) is 1.81. The topological polar surface area (TPSA) is 79.4 Å². The molecule has 0 spiro atoms. The normalized spacial score (nSPS) is 25.7. The molecule has 0 bridgehead atoms. The minimum Gasteiger partial charge on any atom is -0.378 e. The number of rotatable bonds is 4. The Labute approximate surface area is 175 Å². The number of carbonyl (C=O) groups excluding carboxylic acids is 1. The first-order valence-corrected chi connectivity index (χ1v) is 10.5. The van der Waals surface area contributed by atoms with Crippen molar-refractivity contribution in [2.75, 3.05) is 25.1 Å². The van der Waals surface area contributed by atoms with Crippen LogP contribution >= 0.6 is 11.3 Å². The number of hydrogen-bond donors (Lipinski definition) is 2. The van der Waals surface area contributed by atoms with Gasteiger partial charge < -0.3 is 15.4 Å². The van der Waals surface area contributed by atoms with E-state index in [0.29, 0.717) is 18.1 Å². The van der Waals surface area contributed by atoms with E-state index in [1.807, 2.05) is 18.4 Å². The Morgan fingerprint density at radius 2 is 2.20 bits per heavy atom. The average Bonchev–Trinajstić information content (AvgIpc) is 3.11. The second-order valence-electron chi connectivity index (χ2n) is 7.44. The molecule has 1 amide bonds. The summed E-state index contributed by atoms with van der Waals surface area (Å²) in [6.07, 6.45) is -2.88. The van der Waals surface area contributed by atoms with E-state index in [2.05, 4.69) is 20.6 Å². The predicted molar refractivity (Wildman–Crippen MR) is 106 cm³/mol. The smallest absolute Gasteiger partial charge is 0.378 e. The van der Waals surface area contributed by atoms with E-state index in [9.17, 15) is 18.0 Å². The van der Waals surface area contributed by atoms with Crippen LogP contribution in [0.4, 0.5) is 24.8 Å². The van der Waals surface area contributed by atoms with E-state index in [4.69, 9.17) is 4.74 Å². The fraction of sp³-hybridized carbons (Fsp3) is 0.526.